The molecule has 1 aliphatic heterocycles. The number of hydrogen-bond donors (Lipinski definition) is 3. The van der Waals surface area contributed by atoms with Gasteiger partial charge in [0.1, 0.15) is 13.2 Å². The molecule has 1 aliphatic rings. The fraction of sp³-hybridized carbons (Fsp3) is 0.364. The van der Waals surface area contributed by atoms with E-state index in [0.717, 1.165) is 28.1 Å². The zero-order chi connectivity index (χ0) is 21.1. The zero-order valence-corrected chi connectivity index (χ0v) is 17.2. The Morgan fingerprint density at radius 3 is 2.70 bits per heavy atom. The minimum Gasteiger partial charge on any atom is -0.486 e. The molecule has 0 spiro atoms. The molecule has 3 aromatic rings. The van der Waals surface area contributed by atoms with Crippen LogP contribution in [0, 0.1) is 0 Å². The summed E-state index contributed by atoms with van der Waals surface area (Å²) in [5.74, 6) is 1.49. The smallest absolute Gasteiger partial charge is 0.326 e. The van der Waals surface area contributed by atoms with Crippen LogP contribution in [0.25, 0.3) is 11.0 Å². The van der Waals surface area contributed by atoms with Crippen molar-refractivity contribution in [3.63, 3.8) is 0 Å². The molecule has 2 heterocycles. The fourth-order valence-corrected chi connectivity index (χ4v) is 3.54. The van der Waals surface area contributed by atoms with Gasteiger partial charge in [0.25, 0.3) is 0 Å². The molecule has 0 bridgehead atoms. The lowest BCUT2D eigenvalue weighted by atomic mass is 9.84. The average Bonchev–Trinajstić information content (AvgIpc) is 3.07. The maximum absolute atomic E-state index is 12.3. The van der Waals surface area contributed by atoms with Crippen LogP contribution in [0.4, 0.5) is 4.79 Å². The number of carbonyl (C=O) groups excluding carboxylic acids is 1. The van der Waals surface area contributed by atoms with Crippen LogP contribution in [0.15, 0.2) is 47.3 Å². The third kappa shape index (κ3) is 4.12. The van der Waals surface area contributed by atoms with E-state index in [4.69, 9.17) is 9.47 Å². The van der Waals surface area contributed by atoms with E-state index in [1.165, 1.54) is 0 Å². The number of amides is 2. The van der Waals surface area contributed by atoms with Crippen LogP contribution in [0.1, 0.15) is 19.4 Å². The normalized spacial score (nSPS) is 13.3. The number of urea groups is 1. The summed E-state index contributed by atoms with van der Waals surface area (Å²) in [6, 6.07) is 13.1. The van der Waals surface area contributed by atoms with E-state index in [1.54, 1.807) is 4.57 Å². The lowest BCUT2D eigenvalue weighted by Crippen LogP contribution is -2.43. The molecule has 3 N–H and O–H groups in total. The van der Waals surface area contributed by atoms with Gasteiger partial charge < -0.3 is 25.1 Å². The van der Waals surface area contributed by atoms with Crippen LogP contribution in [0.5, 0.6) is 11.5 Å². The van der Waals surface area contributed by atoms with Crippen molar-refractivity contribution in [3.8, 4) is 11.5 Å². The zero-order valence-electron chi connectivity index (χ0n) is 17.2. The van der Waals surface area contributed by atoms with E-state index >= 15 is 0 Å². The van der Waals surface area contributed by atoms with E-state index in [-0.39, 0.29) is 17.1 Å². The topological polar surface area (TPSA) is 97.4 Å². The van der Waals surface area contributed by atoms with E-state index in [2.05, 4.69) is 29.5 Å². The van der Waals surface area contributed by atoms with Gasteiger partial charge in [-0.15, -0.1) is 0 Å². The molecule has 0 saturated carbocycles. The van der Waals surface area contributed by atoms with E-state index in [0.29, 0.717) is 32.8 Å². The molecule has 0 atom stereocenters. The van der Waals surface area contributed by atoms with Gasteiger partial charge in [-0.1, -0.05) is 32.0 Å². The Kier molecular flexibility index (Phi) is 5.39. The van der Waals surface area contributed by atoms with Crippen molar-refractivity contribution >= 4 is 17.1 Å². The highest BCUT2D eigenvalue weighted by atomic mass is 16.6. The van der Waals surface area contributed by atoms with E-state index < -0.39 is 0 Å². The highest BCUT2D eigenvalue weighted by molar-refractivity contribution is 5.75. The van der Waals surface area contributed by atoms with E-state index in [1.807, 2.05) is 42.5 Å². The Labute approximate surface area is 174 Å². The molecule has 8 heteroatoms. The fourth-order valence-electron chi connectivity index (χ4n) is 3.54. The van der Waals surface area contributed by atoms with Crippen LogP contribution in [0.2, 0.25) is 0 Å². The first-order valence-corrected chi connectivity index (χ1v) is 10.0. The Morgan fingerprint density at radius 1 is 1.10 bits per heavy atom. The van der Waals surface area contributed by atoms with Crippen molar-refractivity contribution in [2.75, 3.05) is 26.3 Å². The molecule has 0 fully saturated rings. The molecular weight excluding hydrogens is 384 g/mol. The standard InChI is InChI=1S/C22H26N4O4/c1-22(2,15-7-8-18-19(13-15)30-12-11-29-18)14-24-20(27)23-9-10-26-17-6-4-3-5-16(17)25-21(26)28/h3-8,13H,9-12,14H2,1-2H3,(H,25,28)(H2,23,24,27). The van der Waals surface area contributed by atoms with Crippen molar-refractivity contribution in [2.45, 2.75) is 25.8 Å². The quantitative estimate of drug-likeness (QED) is 0.581. The third-order valence-corrected chi connectivity index (χ3v) is 5.32. The van der Waals surface area contributed by atoms with Gasteiger partial charge in [-0.25, -0.2) is 9.59 Å². The number of hydrogen-bond acceptors (Lipinski definition) is 4. The minimum absolute atomic E-state index is 0.182. The van der Waals surface area contributed by atoms with Gasteiger partial charge in [-0.05, 0) is 29.8 Å². The Balaban J connectivity index is 1.31. The number of aromatic nitrogens is 2. The summed E-state index contributed by atoms with van der Waals surface area (Å²) in [5, 5.41) is 5.73. The largest absolute Gasteiger partial charge is 0.486 e. The number of imidazole rings is 1. The van der Waals surface area contributed by atoms with Crippen LogP contribution in [-0.4, -0.2) is 41.9 Å². The van der Waals surface area contributed by atoms with Crippen LogP contribution < -0.4 is 25.8 Å². The highest BCUT2D eigenvalue weighted by Gasteiger charge is 2.24. The summed E-state index contributed by atoms with van der Waals surface area (Å²) in [6.45, 7) is 6.40. The number of fused-ring (bicyclic) bond motifs is 2. The molecule has 0 aliphatic carbocycles. The number of nitrogens with one attached hydrogen (secondary N) is 3. The summed E-state index contributed by atoms with van der Waals surface area (Å²) in [5.41, 5.74) is 2.19. The van der Waals surface area contributed by atoms with Crippen LogP contribution in [-0.2, 0) is 12.0 Å². The number of H-pyrrole nitrogens is 1. The minimum atomic E-state index is -0.291. The summed E-state index contributed by atoms with van der Waals surface area (Å²) < 4.78 is 12.8. The van der Waals surface area contributed by atoms with Crippen LogP contribution in [0.3, 0.4) is 0 Å². The van der Waals surface area contributed by atoms with Crippen molar-refractivity contribution in [3.05, 3.63) is 58.5 Å². The molecule has 2 aromatic carbocycles. The second-order valence-electron chi connectivity index (χ2n) is 7.95. The lowest BCUT2D eigenvalue weighted by molar-refractivity contribution is 0.171. The molecule has 0 radical (unpaired) electrons. The molecule has 8 nitrogen and oxygen atoms in total. The van der Waals surface area contributed by atoms with Crippen molar-refractivity contribution in [2.24, 2.45) is 0 Å². The van der Waals surface area contributed by atoms with Gasteiger partial charge in [0, 0.05) is 25.0 Å². The molecule has 4 rings (SSSR count). The number of aromatic amines is 1. The summed E-state index contributed by atoms with van der Waals surface area (Å²) in [6.07, 6.45) is 0. The van der Waals surface area contributed by atoms with Crippen molar-refractivity contribution < 1.29 is 14.3 Å². The molecule has 1 aromatic heterocycles. The molecule has 2 amide bonds. The maximum Gasteiger partial charge on any atom is 0.326 e. The number of rotatable bonds is 6. The predicted molar refractivity (Wildman–Crippen MR) is 114 cm³/mol. The molecule has 30 heavy (non-hydrogen) atoms. The lowest BCUT2D eigenvalue weighted by Gasteiger charge is -2.27. The molecule has 158 valence electrons. The number of benzene rings is 2. The van der Waals surface area contributed by atoms with Gasteiger partial charge in [0.05, 0.1) is 11.0 Å². The average molecular weight is 410 g/mol. The monoisotopic (exact) mass is 410 g/mol. The Bertz CT molecular complexity index is 1120. The SMILES string of the molecule is CC(C)(CNC(=O)NCCn1c(=O)[nH]c2ccccc21)c1ccc2c(c1)OCCO2. The molecule has 0 unspecified atom stereocenters. The molecule has 0 saturated heterocycles. The van der Waals surface area contributed by atoms with Gasteiger partial charge in [0.15, 0.2) is 11.5 Å². The predicted octanol–water partition coefficient (Wildman–Crippen LogP) is 2.38. The highest BCUT2D eigenvalue weighted by Crippen LogP contribution is 2.34. The second kappa shape index (κ2) is 8.14. The first-order chi connectivity index (χ1) is 14.4. The summed E-state index contributed by atoms with van der Waals surface area (Å²) in [7, 11) is 0. The van der Waals surface area contributed by atoms with Crippen LogP contribution >= 0.6 is 0 Å². The van der Waals surface area contributed by atoms with Gasteiger partial charge in [0.2, 0.25) is 0 Å². The first kappa shape index (κ1) is 19.9. The van der Waals surface area contributed by atoms with Gasteiger partial charge in [-0.3, -0.25) is 4.57 Å². The Morgan fingerprint density at radius 2 is 1.87 bits per heavy atom. The molecular formula is C22H26N4O4. The number of nitrogens with zero attached hydrogens (tertiary/aromatic N) is 1. The second-order valence-corrected chi connectivity index (χ2v) is 7.95. The number of carbonyl (C=O) groups is 1. The third-order valence-electron chi connectivity index (χ3n) is 5.32. The number of ether oxygens (including phenoxy) is 2. The number of para-hydroxylation sites is 2. The first-order valence-electron chi connectivity index (χ1n) is 10.0. The van der Waals surface area contributed by atoms with Crippen molar-refractivity contribution in [1.82, 2.24) is 20.2 Å². The van der Waals surface area contributed by atoms with Gasteiger partial charge >= 0.3 is 11.7 Å². The Hall–Kier alpha value is -3.42. The van der Waals surface area contributed by atoms with Gasteiger partial charge in [-0.2, -0.15) is 0 Å². The summed E-state index contributed by atoms with van der Waals surface area (Å²) in [4.78, 5) is 27.2. The summed E-state index contributed by atoms with van der Waals surface area (Å²) >= 11 is 0. The van der Waals surface area contributed by atoms with Crippen molar-refractivity contribution in [1.29, 1.82) is 0 Å². The maximum atomic E-state index is 12.3. The van der Waals surface area contributed by atoms with E-state index in [9.17, 15) is 9.59 Å².